The Hall–Kier alpha value is -2.74. The number of benzene rings is 3. The smallest absolute Gasteiger partial charge is 0.211 e. The summed E-state index contributed by atoms with van der Waals surface area (Å²) in [6.45, 7) is 3.30. The van der Waals surface area contributed by atoms with Crippen molar-refractivity contribution < 1.29 is 17.5 Å². The molecule has 1 saturated heterocycles. The molecule has 0 aliphatic carbocycles. The summed E-state index contributed by atoms with van der Waals surface area (Å²) in [6.07, 6.45) is 3.27. The third kappa shape index (κ3) is 6.69. The van der Waals surface area contributed by atoms with E-state index in [1.165, 1.54) is 28.3 Å². The van der Waals surface area contributed by atoms with Crippen LogP contribution in [0.4, 0.5) is 4.39 Å². The zero-order chi connectivity index (χ0) is 24.8. The second-order valence-corrected chi connectivity index (χ2v) is 11.2. The molecule has 3 aromatic rings. The highest BCUT2D eigenvalue weighted by atomic mass is 32.2. The molecule has 3 aromatic carbocycles. The molecule has 0 unspecified atom stereocenters. The van der Waals surface area contributed by atoms with Gasteiger partial charge in [-0.25, -0.2) is 12.8 Å². The van der Waals surface area contributed by atoms with Gasteiger partial charge in [-0.3, -0.25) is 4.90 Å². The summed E-state index contributed by atoms with van der Waals surface area (Å²) in [5, 5.41) is 0. The number of hydrogen-bond donors (Lipinski definition) is 0. The topological polar surface area (TPSA) is 49.9 Å². The lowest BCUT2D eigenvalue weighted by Gasteiger charge is -2.33. The number of likely N-dealkylation sites (tertiary alicyclic amines) is 1. The van der Waals surface area contributed by atoms with Crippen LogP contribution in [-0.2, 0) is 29.7 Å². The fourth-order valence-corrected chi connectivity index (χ4v) is 5.58. The number of para-hydroxylation sites is 1. The molecule has 0 amide bonds. The molecule has 35 heavy (non-hydrogen) atoms. The minimum Gasteiger partial charge on any atom is -0.496 e. The number of nitrogens with zero attached hydrogens (tertiary/aromatic N) is 2. The van der Waals surface area contributed by atoms with Gasteiger partial charge < -0.3 is 4.74 Å². The van der Waals surface area contributed by atoms with E-state index in [-0.39, 0.29) is 12.4 Å². The van der Waals surface area contributed by atoms with Crippen molar-refractivity contribution in [2.24, 2.45) is 0 Å². The predicted octanol–water partition coefficient (Wildman–Crippen LogP) is 5.18. The number of rotatable bonds is 9. The summed E-state index contributed by atoms with van der Waals surface area (Å²) < 4.78 is 45.6. The largest absolute Gasteiger partial charge is 0.496 e. The van der Waals surface area contributed by atoms with Gasteiger partial charge in [0.1, 0.15) is 11.6 Å². The molecule has 0 atom stereocenters. The maximum Gasteiger partial charge on any atom is 0.211 e. The fourth-order valence-electron chi connectivity index (χ4n) is 4.83. The molecule has 7 heteroatoms. The molecule has 0 radical (unpaired) electrons. The molecular formula is C28H33FN2O3S. The first kappa shape index (κ1) is 25.4. The minimum absolute atomic E-state index is 0.210. The lowest BCUT2D eigenvalue weighted by molar-refractivity contribution is 0.204. The highest BCUT2D eigenvalue weighted by molar-refractivity contribution is 7.88. The molecule has 186 valence electrons. The van der Waals surface area contributed by atoms with E-state index in [4.69, 9.17) is 4.74 Å². The van der Waals surface area contributed by atoms with E-state index < -0.39 is 10.0 Å². The molecule has 1 fully saturated rings. The van der Waals surface area contributed by atoms with Crippen LogP contribution in [0.1, 0.15) is 41.0 Å². The van der Waals surface area contributed by atoms with E-state index in [0.717, 1.165) is 49.2 Å². The third-order valence-electron chi connectivity index (χ3n) is 6.76. The van der Waals surface area contributed by atoms with E-state index in [1.807, 2.05) is 54.6 Å². The monoisotopic (exact) mass is 496 g/mol. The van der Waals surface area contributed by atoms with Crippen molar-refractivity contribution in [3.8, 4) is 5.75 Å². The number of halogens is 1. The van der Waals surface area contributed by atoms with Crippen molar-refractivity contribution in [1.29, 1.82) is 0 Å². The first-order chi connectivity index (χ1) is 16.8. The van der Waals surface area contributed by atoms with E-state index in [2.05, 4.69) is 11.0 Å². The zero-order valence-corrected chi connectivity index (χ0v) is 21.2. The van der Waals surface area contributed by atoms with Crippen molar-refractivity contribution in [2.45, 2.75) is 38.4 Å². The van der Waals surface area contributed by atoms with Crippen molar-refractivity contribution in [3.63, 3.8) is 0 Å². The Morgan fingerprint density at radius 2 is 1.51 bits per heavy atom. The van der Waals surface area contributed by atoms with Crippen molar-refractivity contribution in [1.82, 2.24) is 9.21 Å². The van der Waals surface area contributed by atoms with Crippen LogP contribution < -0.4 is 4.74 Å². The van der Waals surface area contributed by atoms with Crippen molar-refractivity contribution in [3.05, 3.63) is 101 Å². The number of piperidine rings is 1. The average molecular weight is 497 g/mol. The van der Waals surface area contributed by atoms with E-state index in [9.17, 15) is 12.8 Å². The molecule has 4 rings (SSSR count). The van der Waals surface area contributed by atoms with Gasteiger partial charge in [0.25, 0.3) is 0 Å². The van der Waals surface area contributed by atoms with Gasteiger partial charge in [-0.15, -0.1) is 0 Å². The molecular weight excluding hydrogens is 463 g/mol. The molecule has 0 N–H and O–H groups in total. The van der Waals surface area contributed by atoms with Crippen LogP contribution in [0.5, 0.6) is 5.75 Å². The molecule has 0 spiro atoms. The summed E-state index contributed by atoms with van der Waals surface area (Å²) in [5.74, 6) is 0.851. The molecule has 5 nitrogen and oxygen atoms in total. The standard InChI is InChI=1S/C28H33FN2O3S/c1-34-28-10-6-4-8-25(28)21-31(35(2,32)33)20-24-7-3-5-9-27(24)23-15-17-30(18-16-23)19-22-11-13-26(29)14-12-22/h3-14,23H,15-21H2,1-2H3. The fraction of sp³-hybridized carbons (Fsp3) is 0.357. The van der Waals surface area contributed by atoms with Crippen LogP contribution in [0.25, 0.3) is 0 Å². The predicted molar refractivity (Wildman–Crippen MR) is 137 cm³/mol. The van der Waals surface area contributed by atoms with Crippen LogP contribution in [0.2, 0.25) is 0 Å². The highest BCUT2D eigenvalue weighted by Gasteiger charge is 2.25. The Balaban J connectivity index is 1.46. The Morgan fingerprint density at radius 1 is 0.914 bits per heavy atom. The van der Waals surface area contributed by atoms with Gasteiger partial charge in [0.2, 0.25) is 10.0 Å². The van der Waals surface area contributed by atoms with Crippen LogP contribution in [0.3, 0.4) is 0 Å². The summed E-state index contributed by atoms with van der Waals surface area (Å²) in [6, 6.07) is 22.4. The third-order valence-corrected chi connectivity index (χ3v) is 7.95. The van der Waals surface area contributed by atoms with Gasteiger partial charge in [0, 0.05) is 25.2 Å². The summed E-state index contributed by atoms with van der Waals surface area (Å²) in [5.41, 5.74) is 4.23. The van der Waals surface area contributed by atoms with Gasteiger partial charge in [0.15, 0.2) is 0 Å². The second kappa shape index (κ2) is 11.3. The zero-order valence-electron chi connectivity index (χ0n) is 20.4. The number of sulfonamides is 1. The van der Waals surface area contributed by atoms with E-state index in [1.54, 1.807) is 7.11 Å². The summed E-state index contributed by atoms with van der Waals surface area (Å²) in [4.78, 5) is 2.40. The van der Waals surface area contributed by atoms with Gasteiger partial charge in [-0.05, 0) is 66.7 Å². The average Bonchev–Trinajstić information content (AvgIpc) is 2.86. The quantitative estimate of drug-likeness (QED) is 0.410. The Morgan fingerprint density at radius 3 is 2.17 bits per heavy atom. The first-order valence-electron chi connectivity index (χ1n) is 11.9. The van der Waals surface area contributed by atoms with Crippen molar-refractivity contribution >= 4 is 10.0 Å². The van der Waals surface area contributed by atoms with Gasteiger partial charge >= 0.3 is 0 Å². The van der Waals surface area contributed by atoms with Crippen LogP contribution >= 0.6 is 0 Å². The highest BCUT2D eigenvalue weighted by Crippen LogP contribution is 2.32. The Bertz CT molecular complexity index is 1220. The number of methoxy groups -OCH3 is 1. The second-order valence-electron chi connectivity index (χ2n) is 9.22. The lowest BCUT2D eigenvalue weighted by Crippen LogP contribution is -2.33. The molecule has 0 aromatic heterocycles. The molecule has 0 saturated carbocycles. The summed E-state index contributed by atoms with van der Waals surface area (Å²) in [7, 11) is -1.84. The van der Waals surface area contributed by atoms with E-state index in [0.29, 0.717) is 18.2 Å². The molecule has 1 heterocycles. The van der Waals surface area contributed by atoms with Crippen LogP contribution in [0, 0.1) is 5.82 Å². The summed E-state index contributed by atoms with van der Waals surface area (Å²) >= 11 is 0. The Labute approximate surface area is 208 Å². The van der Waals surface area contributed by atoms with E-state index >= 15 is 0 Å². The normalized spacial score (nSPS) is 15.4. The minimum atomic E-state index is -3.44. The molecule has 1 aliphatic rings. The van der Waals surface area contributed by atoms with Crippen molar-refractivity contribution in [2.75, 3.05) is 26.5 Å². The maximum absolute atomic E-state index is 13.2. The van der Waals surface area contributed by atoms with Gasteiger partial charge in [0.05, 0.1) is 13.4 Å². The van der Waals surface area contributed by atoms with Crippen LogP contribution in [-0.4, -0.2) is 44.1 Å². The maximum atomic E-state index is 13.2. The Kier molecular flexibility index (Phi) is 8.21. The molecule has 0 bridgehead atoms. The number of ether oxygens (including phenoxy) is 1. The SMILES string of the molecule is COc1ccccc1CN(Cc1ccccc1C1CCN(Cc2ccc(F)cc2)CC1)S(C)(=O)=O. The number of hydrogen-bond acceptors (Lipinski definition) is 4. The van der Waals surface area contributed by atoms with Crippen LogP contribution in [0.15, 0.2) is 72.8 Å². The van der Waals surface area contributed by atoms with Gasteiger partial charge in [-0.1, -0.05) is 54.6 Å². The lowest BCUT2D eigenvalue weighted by atomic mass is 9.86. The molecule has 1 aliphatic heterocycles. The van der Waals surface area contributed by atoms with Gasteiger partial charge in [-0.2, -0.15) is 4.31 Å². The first-order valence-corrected chi connectivity index (χ1v) is 13.8.